The van der Waals surface area contributed by atoms with Crippen molar-refractivity contribution in [2.24, 2.45) is 0 Å². The van der Waals surface area contributed by atoms with Crippen LogP contribution in [0.1, 0.15) is 13.8 Å². The van der Waals surface area contributed by atoms with Crippen molar-refractivity contribution in [3.63, 3.8) is 0 Å². The Labute approximate surface area is 103 Å². The third-order valence-electron chi connectivity index (χ3n) is 1.65. The predicted octanol–water partition coefficient (Wildman–Crippen LogP) is 3.33. The molecule has 0 aliphatic rings. The topological polar surface area (TPSA) is 34.1 Å². The van der Waals surface area contributed by atoms with E-state index >= 15 is 0 Å². The summed E-state index contributed by atoms with van der Waals surface area (Å²) in [4.78, 5) is 4.15. The quantitative estimate of drug-likeness (QED) is 0.846. The molecule has 1 aromatic heterocycles. The van der Waals surface area contributed by atoms with Crippen molar-refractivity contribution >= 4 is 33.3 Å². The first kappa shape index (κ1) is 12.7. The van der Waals surface area contributed by atoms with Crippen LogP contribution in [0.2, 0.25) is 5.02 Å². The average Bonchev–Trinajstić information content (AvgIpc) is 2.14. The van der Waals surface area contributed by atoms with Gasteiger partial charge in [0, 0.05) is 17.2 Å². The number of nitrogens with zero attached hydrogens (tertiary/aromatic N) is 1. The molecule has 1 rings (SSSR count). The van der Waals surface area contributed by atoms with E-state index in [1.807, 2.05) is 13.8 Å². The van der Waals surface area contributed by atoms with Gasteiger partial charge in [-0.15, -0.1) is 0 Å². The number of aromatic nitrogens is 1. The normalized spacial score (nSPS) is 10.7. The van der Waals surface area contributed by atoms with Crippen LogP contribution >= 0.6 is 27.5 Å². The Balaban J connectivity index is 2.37. The van der Waals surface area contributed by atoms with Crippen molar-refractivity contribution in [1.29, 1.82) is 0 Å². The van der Waals surface area contributed by atoms with Crippen molar-refractivity contribution in [2.75, 3.05) is 18.5 Å². The summed E-state index contributed by atoms with van der Waals surface area (Å²) < 4.78 is 6.26. The number of hydrogen-bond acceptors (Lipinski definition) is 3. The second-order valence-electron chi connectivity index (χ2n) is 3.33. The minimum absolute atomic E-state index is 0.250. The highest BCUT2D eigenvalue weighted by molar-refractivity contribution is 9.10. The van der Waals surface area contributed by atoms with E-state index in [1.54, 1.807) is 12.3 Å². The van der Waals surface area contributed by atoms with Gasteiger partial charge >= 0.3 is 0 Å². The third-order valence-corrected chi connectivity index (χ3v) is 2.38. The molecule has 0 radical (unpaired) electrons. The fraction of sp³-hybridized carbons (Fsp3) is 0.500. The van der Waals surface area contributed by atoms with Gasteiger partial charge in [-0.05, 0) is 35.8 Å². The minimum atomic E-state index is 0.250. The van der Waals surface area contributed by atoms with Crippen LogP contribution in [0, 0.1) is 0 Å². The fourth-order valence-electron chi connectivity index (χ4n) is 1.01. The second-order valence-corrected chi connectivity index (χ2v) is 4.65. The molecule has 84 valence electrons. The van der Waals surface area contributed by atoms with Crippen molar-refractivity contribution in [1.82, 2.24) is 4.98 Å². The maximum absolute atomic E-state index is 5.98. The van der Waals surface area contributed by atoms with Crippen molar-refractivity contribution in [2.45, 2.75) is 20.0 Å². The van der Waals surface area contributed by atoms with Gasteiger partial charge in [0.05, 0.1) is 17.7 Å². The molecule has 0 unspecified atom stereocenters. The highest BCUT2D eigenvalue weighted by Gasteiger charge is 2.01. The zero-order valence-corrected chi connectivity index (χ0v) is 11.1. The summed E-state index contributed by atoms with van der Waals surface area (Å²) in [6.07, 6.45) is 1.96. The Bertz CT molecular complexity index is 320. The Kier molecular flexibility index (Phi) is 5.36. The SMILES string of the molecule is CC(C)OCCNc1ncc(Br)cc1Cl. The maximum atomic E-state index is 5.98. The van der Waals surface area contributed by atoms with Crippen LogP contribution in [0.5, 0.6) is 0 Å². The van der Waals surface area contributed by atoms with E-state index < -0.39 is 0 Å². The van der Waals surface area contributed by atoms with Crippen LogP contribution in [0.4, 0.5) is 5.82 Å². The van der Waals surface area contributed by atoms with Gasteiger partial charge in [0.15, 0.2) is 0 Å². The Morgan fingerprint density at radius 2 is 2.33 bits per heavy atom. The lowest BCUT2D eigenvalue weighted by Crippen LogP contribution is -2.13. The van der Waals surface area contributed by atoms with Crippen LogP contribution in [0.3, 0.4) is 0 Å². The summed E-state index contributed by atoms with van der Waals surface area (Å²) >= 11 is 9.27. The highest BCUT2D eigenvalue weighted by atomic mass is 79.9. The maximum Gasteiger partial charge on any atom is 0.144 e. The van der Waals surface area contributed by atoms with Gasteiger partial charge in [-0.1, -0.05) is 11.6 Å². The molecule has 0 aliphatic carbocycles. The predicted molar refractivity (Wildman–Crippen MR) is 66.5 cm³/mol. The molecule has 1 aromatic rings. The van der Waals surface area contributed by atoms with E-state index in [-0.39, 0.29) is 6.10 Å². The van der Waals surface area contributed by atoms with E-state index in [1.165, 1.54) is 0 Å². The summed E-state index contributed by atoms with van der Waals surface area (Å²) in [6, 6.07) is 1.81. The molecule has 0 saturated carbocycles. The smallest absolute Gasteiger partial charge is 0.144 e. The van der Waals surface area contributed by atoms with Gasteiger partial charge in [0.1, 0.15) is 5.82 Å². The molecule has 0 atom stereocenters. The number of rotatable bonds is 5. The number of anilines is 1. The number of pyridine rings is 1. The van der Waals surface area contributed by atoms with Gasteiger partial charge in [-0.25, -0.2) is 4.98 Å². The van der Waals surface area contributed by atoms with Gasteiger partial charge in [0.2, 0.25) is 0 Å². The average molecular weight is 294 g/mol. The Hall–Kier alpha value is -0.320. The zero-order chi connectivity index (χ0) is 11.3. The van der Waals surface area contributed by atoms with Crippen LogP contribution < -0.4 is 5.32 Å². The monoisotopic (exact) mass is 292 g/mol. The minimum Gasteiger partial charge on any atom is -0.377 e. The Morgan fingerprint density at radius 3 is 2.93 bits per heavy atom. The second kappa shape index (κ2) is 6.30. The molecule has 0 saturated heterocycles. The molecule has 0 bridgehead atoms. The molecule has 0 amide bonds. The molecule has 15 heavy (non-hydrogen) atoms. The van der Waals surface area contributed by atoms with E-state index in [2.05, 4.69) is 26.2 Å². The lowest BCUT2D eigenvalue weighted by Gasteiger charge is -2.09. The van der Waals surface area contributed by atoms with Gasteiger partial charge < -0.3 is 10.1 Å². The van der Waals surface area contributed by atoms with Crippen LogP contribution in [-0.4, -0.2) is 24.2 Å². The highest BCUT2D eigenvalue weighted by Crippen LogP contribution is 2.22. The first-order chi connectivity index (χ1) is 7.09. The number of halogens is 2. The van der Waals surface area contributed by atoms with Crippen molar-refractivity contribution in [3.05, 3.63) is 21.8 Å². The molecule has 0 aromatic carbocycles. The molecule has 0 aliphatic heterocycles. The summed E-state index contributed by atoms with van der Waals surface area (Å²) in [5, 5.41) is 3.71. The molecule has 1 N–H and O–H groups in total. The zero-order valence-electron chi connectivity index (χ0n) is 8.76. The van der Waals surface area contributed by atoms with Crippen LogP contribution in [0.25, 0.3) is 0 Å². The molecule has 0 spiro atoms. The molecular formula is C10H14BrClN2O. The van der Waals surface area contributed by atoms with E-state index in [9.17, 15) is 0 Å². The van der Waals surface area contributed by atoms with E-state index in [0.29, 0.717) is 24.0 Å². The largest absolute Gasteiger partial charge is 0.377 e. The van der Waals surface area contributed by atoms with Gasteiger partial charge in [0.25, 0.3) is 0 Å². The van der Waals surface area contributed by atoms with Gasteiger partial charge in [-0.2, -0.15) is 0 Å². The standard InChI is InChI=1S/C10H14BrClN2O/c1-7(2)15-4-3-13-10-9(12)5-8(11)6-14-10/h5-7H,3-4H2,1-2H3,(H,13,14). The first-order valence-electron chi connectivity index (χ1n) is 4.76. The number of hydrogen-bond donors (Lipinski definition) is 1. The Morgan fingerprint density at radius 1 is 1.60 bits per heavy atom. The van der Waals surface area contributed by atoms with Gasteiger partial charge in [-0.3, -0.25) is 0 Å². The van der Waals surface area contributed by atoms with E-state index in [0.717, 1.165) is 4.47 Å². The third kappa shape index (κ3) is 4.82. The summed E-state index contributed by atoms with van der Waals surface area (Å²) in [5.41, 5.74) is 0. The summed E-state index contributed by atoms with van der Waals surface area (Å²) in [7, 11) is 0. The summed E-state index contributed by atoms with van der Waals surface area (Å²) in [6.45, 7) is 5.36. The van der Waals surface area contributed by atoms with E-state index in [4.69, 9.17) is 16.3 Å². The number of nitrogens with one attached hydrogen (secondary N) is 1. The lowest BCUT2D eigenvalue weighted by molar-refractivity contribution is 0.0870. The molecule has 5 heteroatoms. The molecular weight excluding hydrogens is 279 g/mol. The van der Waals surface area contributed by atoms with Crippen molar-refractivity contribution in [3.8, 4) is 0 Å². The molecule has 1 heterocycles. The van der Waals surface area contributed by atoms with Crippen molar-refractivity contribution < 1.29 is 4.74 Å². The van der Waals surface area contributed by atoms with Crippen LogP contribution in [0.15, 0.2) is 16.7 Å². The molecule has 0 fully saturated rings. The fourth-order valence-corrected chi connectivity index (χ4v) is 1.70. The lowest BCUT2D eigenvalue weighted by atomic mass is 10.4. The van der Waals surface area contributed by atoms with Crippen LogP contribution in [-0.2, 0) is 4.74 Å². The number of ether oxygens (including phenoxy) is 1. The first-order valence-corrected chi connectivity index (χ1v) is 5.93. The molecule has 3 nitrogen and oxygen atoms in total. The summed E-state index contributed by atoms with van der Waals surface area (Å²) in [5.74, 6) is 0.687.